The van der Waals surface area contributed by atoms with Gasteiger partial charge in [-0.15, -0.1) is 0 Å². The Morgan fingerprint density at radius 3 is 2.67 bits per heavy atom. The van der Waals surface area contributed by atoms with E-state index >= 15 is 0 Å². The van der Waals surface area contributed by atoms with Crippen LogP contribution in [0.15, 0.2) is 24.3 Å². The average Bonchev–Trinajstić information content (AvgIpc) is 3.23. The monoisotopic (exact) mass is 248 g/mol. The maximum atomic E-state index is 12.9. The van der Waals surface area contributed by atoms with Crippen LogP contribution in [0.3, 0.4) is 0 Å². The highest BCUT2D eigenvalue weighted by atomic mass is 19.1. The number of halogens is 1. The van der Waals surface area contributed by atoms with Gasteiger partial charge in [0.1, 0.15) is 5.82 Å². The Morgan fingerprint density at radius 1 is 1.28 bits per heavy atom. The zero-order valence-electron chi connectivity index (χ0n) is 10.9. The third kappa shape index (κ3) is 2.57. The molecule has 0 amide bonds. The molecule has 0 spiro atoms. The van der Waals surface area contributed by atoms with E-state index in [1.807, 2.05) is 12.1 Å². The van der Waals surface area contributed by atoms with Gasteiger partial charge in [-0.3, -0.25) is 4.90 Å². The predicted molar refractivity (Wildman–Crippen MR) is 70.9 cm³/mol. The van der Waals surface area contributed by atoms with Crippen LogP contribution in [0.5, 0.6) is 0 Å². The average molecular weight is 248 g/mol. The van der Waals surface area contributed by atoms with Gasteiger partial charge in [-0.25, -0.2) is 4.39 Å². The molecule has 0 radical (unpaired) electrons. The van der Waals surface area contributed by atoms with Crippen molar-refractivity contribution in [3.63, 3.8) is 0 Å². The van der Waals surface area contributed by atoms with Crippen molar-refractivity contribution >= 4 is 0 Å². The van der Waals surface area contributed by atoms with Gasteiger partial charge in [0.15, 0.2) is 0 Å². The van der Waals surface area contributed by atoms with E-state index in [0.29, 0.717) is 12.1 Å². The maximum absolute atomic E-state index is 12.9. The molecule has 2 unspecified atom stereocenters. The molecule has 1 saturated heterocycles. The van der Waals surface area contributed by atoms with Gasteiger partial charge < -0.3 is 5.32 Å². The van der Waals surface area contributed by atoms with Crippen molar-refractivity contribution in [2.45, 2.75) is 31.8 Å². The molecule has 1 aliphatic carbocycles. The van der Waals surface area contributed by atoms with Crippen molar-refractivity contribution in [1.29, 1.82) is 0 Å². The Bertz CT molecular complexity index is 399. The number of hydrogen-bond acceptors (Lipinski definition) is 2. The molecule has 1 heterocycles. The number of nitrogens with zero attached hydrogens (tertiary/aromatic N) is 1. The number of piperazine rings is 1. The molecule has 3 heteroatoms. The standard InChI is InChI=1S/C15H21FN2/c1-11(12-4-6-14(16)7-5-12)18-9-8-17-15(10-18)13-2-3-13/h4-7,11,13,15,17H,2-3,8-10H2,1H3. The fourth-order valence-corrected chi connectivity index (χ4v) is 2.92. The first-order valence-corrected chi connectivity index (χ1v) is 6.97. The van der Waals surface area contributed by atoms with E-state index in [1.165, 1.54) is 18.4 Å². The summed E-state index contributed by atoms with van der Waals surface area (Å²) in [5, 5.41) is 3.62. The van der Waals surface area contributed by atoms with Gasteiger partial charge in [0.25, 0.3) is 0 Å². The summed E-state index contributed by atoms with van der Waals surface area (Å²) < 4.78 is 12.9. The Labute approximate surface area is 108 Å². The second-order valence-corrected chi connectivity index (χ2v) is 5.62. The Hall–Kier alpha value is -0.930. The molecule has 1 N–H and O–H groups in total. The summed E-state index contributed by atoms with van der Waals surface area (Å²) >= 11 is 0. The van der Waals surface area contributed by atoms with Crippen LogP contribution in [0.4, 0.5) is 4.39 Å². The van der Waals surface area contributed by atoms with Crippen LogP contribution in [0.25, 0.3) is 0 Å². The van der Waals surface area contributed by atoms with Gasteiger partial charge in [-0.1, -0.05) is 12.1 Å². The molecule has 1 aromatic carbocycles. The minimum absolute atomic E-state index is 0.151. The van der Waals surface area contributed by atoms with Gasteiger partial charge in [-0.05, 0) is 43.4 Å². The molecule has 18 heavy (non-hydrogen) atoms. The summed E-state index contributed by atoms with van der Waals surface area (Å²) in [5.41, 5.74) is 1.22. The van der Waals surface area contributed by atoms with Crippen LogP contribution < -0.4 is 5.32 Å². The van der Waals surface area contributed by atoms with E-state index in [9.17, 15) is 4.39 Å². The quantitative estimate of drug-likeness (QED) is 0.884. The number of nitrogens with one attached hydrogen (secondary N) is 1. The normalized spacial score (nSPS) is 27.1. The van der Waals surface area contributed by atoms with Crippen molar-refractivity contribution in [2.75, 3.05) is 19.6 Å². The fraction of sp³-hybridized carbons (Fsp3) is 0.600. The summed E-state index contributed by atoms with van der Waals surface area (Å²) in [5.74, 6) is 0.746. The van der Waals surface area contributed by atoms with Crippen LogP contribution in [-0.4, -0.2) is 30.6 Å². The molecule has 1 aromatic rings. The molecule has 2 aliphatic rings. The summed E-state index contributed by atoms with van der Waals surface area (Å²) in [6.07, 6.45) is 2.77. The molecule has 1 aliphatic heterocycles. The largest absolute Gasteiger partial charge is 0.311 e. The SMILES string of the molecule is CC(c1ccc(F)cc1)N1CCNC(C2CC2)C1. The summed E-state index contributed by atoms with van der Waals surface area (Å²) in [6, 6.07) is 8.00. The van der Waals surface area contributed by atoms with Crippen LogP contribution in [0, 0.1) is 11.7 Å². The lowest BCUT2D eigenvalue weighted by molar-refractivity contribution is 0.144. The van der Waals surface area contributed by atoms with Gasteiger partial charge in [0.2, 0.25) is 0 Å². The highest BCUT2D eigenvalue weighted by Crippen LogP contribution is 2.35. The molecule has 2 nitrogen and oxygen atoms in total. The van der Waals surface area contributed by atoms with Gasteiger partial charge in [-0.2, -0.15) is 0 Å². The second kappa shape index (κ2) is 4.98. The number of hydrogen-bond donors (Lipinski definition) is 1. The minimum Gasteiger partial charge on any atom is -0.311 e. The predicted octanol–water partition coefficient (Wildman–Crippen LogP) is 2.57. The van der Waals surface area contributed by atoms with Crippen molar-refractivity contribution in [2.24, 2.45) is 5.92 Å². The number of rotatable bonds is 3. The highest BCUT2D eigenvalue weighted by molar-refractivity contribution is 5.19. The molecule has 3 rings (SSSR count). The van der Waals surface area contributed by atoms with Crippen LogP contribution >= 0.6 is 0 Å². The molecule has 1 saturated carbocycles. The Kier molecular flexibility index (Phi) is 3.35. The molecular weight excluding hydrogens is 227 g/mol. The van der Waals surface area contributed by atoms with Crippen LogP contribution in [0.2, 0.25) is 0 Å². The topological polar surface area (TPSA) is 15.3 Å². The van der Waals surface area contributed by atoms with Crippen LogP contribution in [0.1, 0.15) is 31.4 Å². The Morgan fingerprint density at radius 2 is 2.00 bits per heavy atom. The Balaban J connectivity index is 1.67. The first kappa shape index (κ1) is 12.1. The summed E-state index contributed by atoms with van der Waals surface area (Å²) in [7, 11) is 0. The van der Waals surface area contributed by atoms with Crippen molar-refractivity contribution in [3.8, 4) is 0 Å². The third-order valence-electron chi connectivity index (χ3n) is 4.33. The highest BCUT2D eigenvalue weighted by Gasteiger charge is 2.35. The lowest BCUT2D eigenvalue weighted by Gasteiger charge is -2.38. The first-order chi connectivity index (χ1) is 8.74. The summed E-state index contributed by atoms with van der Waals surface area (Å²) in [6.45, 7) is 5.51. The molecule has 2 fully saturated rings. The van der Waals surface area contributed by atoms with E-state index in [-0.39, 0.29) is 5.82 Å². The van der Waals surface area contributed by atoms with Gasteiger partial charge >= 0.3 is 0 Å². The van der Waals surface area contributed by atoms with Gasteiger partial charge in [0.05, 0.1) is 0 Å². The van der Waals surface area contributed by atoms with Crippen molar-refractivity contribution in [1.82, 2.24) is 10.2 Å². The fourth-order valence-electron chi connectivity index (χ4n) is 2.92. The van der Waals surface area contributed by atoms with Crippen LogP contribution in [-0.2, 0) is 0 Å². The second-order valence-electron chi connectivity index (χ2n) is 5.62. The third-order valence-corrected chi connectivity index (χ3v) is 4.33. The van der Waals surface area contributed by atoms with E-state index in [4.69, 9.17) is 0 Å². The lowest BCUT2D eigenvalue weighted by atomic mass is 10.0. The molecule has 98 valence electrons. The molecule has 0 aromatic heterocycles. The van der Waals surface area contributed by atoms with E-state index in [2.05, 4.69) is 17.1 Å². The molecular formula is C15H21FN2. The lowest BCUT2D eigenvalue weighted by Crippen LogP contribution is -2.52. The van der Waals surface area contributed by atoms with E-state index in [1.54, 1.807) is 12.1 Å². The number of benzene rings is 1. The van der Waals surface area contributed by atoms with Crippen molar-refractivity contribution in [3.05, 3.63) is 35.6 Å². The van der Waals surface area contributed by atoms with Gasteiger partial charge in [0, 0.05) is 31.7 Å². The minimum atomic E-state index is -0.151. The maximum Gasteiger partial charge on any atom is 0.123 e. The zero-order chi connectivity index (χ0) is 12.5. The summed E-state index contributed by atoms with van der Waals surface area (Å²) in [4.78, 5) is 2.52. The smallest absolute Gasteiger partial charge is 0.123 e. The van der Waals surface area contributed by atoms with E-state index < -0.39 is 0 Å². The van der Waals surface area contributed by atoms with Crippen molar-refractivity contribution < 1.29 is 4.39 Å². The first-order valence-electron chi connectivity index (χ1n) is 6.97. The molecule has 0 bridgehead atoms. The zero-order valence-corrected chi connectivity index (χ0v) is 10.9. The van der Waals surface area contributed by atoms with E-state index in [0.717, 1.165) is 25.6 Å². The molecule has 2 atom stereocenters.